The van der Waals surface area contributed by atoms with E-state index in [0.717, 1.165) is 18.2 Å². The number of hydrogen-bond donors (Lipinski definition) is 1. The molecule has 3 aromatic rings. The third-order valence-corrected chi connectivity index (χ3v) is 7.56. The number of hydrogen-bond acceptors (Lipinski definition) is 5. The quantitative estimate of drug-likeness (QED) is 0.433. The summed E-state index contributed by atoms with van der Waals surface area (Å²) < 4.78 is 60.6. The lowest BCUT2D eigenvalue weighted by Crippen LogP contribution is -2.27. The fraction of sp³-hybridized carbons (Fsp3) is 0.167. The van der Waals surface area contributed by atoms with Crippen LogP contribution >= 0.6 is 11.6 Å². The number of nitrogens with one attached hydrogen (secondary N) is 1. The molecule has 0 aliphatic heterocycles. The van der Waals surface area contributed by atoms with E-state index in [1.54, 1.807) is 0 Å². The molecular weight excluding hydrogens is 486 g/mol. The van der Waals surface area contributed by atoms with Gasteiger partial charge >= 0.3 is 6.09 Å². The number of nitrogens with zero attached hydrogens (tertiary/aromatic N) is 1. The lowest BCUT2D eigenvalue weighted by molar-refractivity contribution is 0.142. The first-order chi connectivity index (χ1) is 16.1. The van der Waals surface area contributed by atoms with Gasteiger partial charge in [0.1, 0.15) is 11.6 Å². The maximum atomic E-state index is 14.6. The molecule has 0 aromatic heterocycles. The summed E-state index contributed by atoms with van der Waals surface area (Å²) in [4.78, 5) is 12.1. The molecule has 2 unspecified atom stereocenters. The molecule has 6 nitrogen and oxygen atoms in total. The highest BCUT2D eigenvalue weighted by Crippen LogP contribution is 2.37. The Morgan fingerprint density at radius 2 is 1.74 bits per heavy atom. The average molecular weight is 505 g/mol. The van der Waals surface area contributed by atoms with Gasteiger partial charge < -0.3 is 4.74 Å². The van der Waals surface area contributed by atoms with Crippen molar-refractivity contribution in [1.29, 1.82) is 5.26 Å². The van der Waals surface area contributed by atoms with E-state index in [9.17, 15) is 22.0 Å². The van der Waals surface area contributed by atoms with E-state index in [2.05, 4.69) is 5.32 Å². The van der Waals surface area contributed by atoms with E-state index < -0.39 is 45.3 Å². The molecule has 0 spiro atoms. The van der Waals surface area contributed by atoms with Crippen LogP contribution in [0.2, 0.25) is 5.02 Å². The van der Waals surface area contributed by atoms with Crippen LogP contribution in [0.5, 0.6) is 0 Å². The Hall–Kier alpha value is -3.48. The number of ether oxygens (including phenoxy) is 1. The third kappa shape index (κ3) is 5.90. The molecule has 3 rings (SSSR count). The zero-order valence-corrected chi connectivity index (χ0v) is 19.4. The second-order valence-corrected chi connectivity index (χ2v) is 9.98. The van der Waals surface area contributed by atoms with E-state index in [0.29, 0.717) is 16.3 Å². The first-order valence-electron chi connectivity index (χ1n) is 10.00. The van der Waals surface area contributed by atoms with Crippen LogP contribution in [-0.4, -0.2) is 21.1 Å². The normalized spacial score (nSPS) is 12.9. The van der Waals surface area contributed by atoms with E-state index in [-0.39, 0.29) is 10.5 Å². The number of benzene rings is 3. The van der Waals surface area contributed by atoms with Gasteiger partial charge in [0.2, 0.25) is 0 Å². The van der Waals surface area contributed by atoms with Gasteiger partial charge in [0.15, 0.2) is 9.84 Å². The molecule has 1 amide bonds. The standard InChI is InChI=1S/C24H19ClF2N2O4S/c1-15(14-33-24(30)29-19-7-2-16(13-28)3-8-19)23(21-12-18(26)6-11-22(21)27)34(31,32)20-9-4-17(25)5-10-20/h2-12,15,23H,14H2,1H3,(H,29,30). The van der Waals surface area contributed by atoms with Gasteiger partial charge in [0, 0.05) is 22.2 Å². The summed E-state index contributed by atoms with van der Waals surface area (Å²) in [6.45, 7) is 1.05. The summed E-state index contributed by atoms with van der Waals surface area (Å²) in [5.41, 5.74) is 0.386. The number of anilines is 1. The van der Waals surface area contributed by atoms with Crippen molar-refractivity contribution < 1.29 is 26.7 Å². The van der Waals surface area contributed by atoms with Gasteiger partial charge in [-0.05, 0) is 66.7 Å². The highest BCUT2D eigenvalue weighted by atomic mass is 35.5. The van der Waals surface area contributed by atoms with Crippen molar-refractivity contribution in [3.05, 3.63) is 94.5 Å². The molecule has 10 heteroatoms. The molecule has 0 bridgehead atoms. The van der Waals surface area contributed by atoms with Crippen LogP contribution in [0.25, 0.3) is 0 Å². The van der Waals surface area contributed by atoms with Gasteiger partial charge in [-0.1, -0.05) is 18.5 Å². The SMILES string of the molecule is CC(COC(=O)Nc1ccc(C#N)cc1)C(c1cc(F)ccc1F)S(=O)(=O)c1ccc(Cl)cc1. The van der Waals surface area contributed by atoms with E-state index >= 15 is 0 Å². The topological polar surface area (TPSA) is 96.3 Å². The smallest absolute Gasteiger partial charge is 0.411 e. The number of amides is 1. The minimum atomic E-state index is -4.23. The third-order valence-electron chi connectivity index (χ3n) is 5.00. The molecule has 0 radical (unpaired) electrons. The lowest BCUT2D eigenvalue weighted by Gasteiger charge is -2.25. The monoisotopic (exact) mass is 504 g/mol. The summed E-state index contributed by atoms with van der Waals surface area (Å²) in [6, 6.07) is 15.8. The molecule has 3 aromatic carbocycles. The Balaban J connectivity index is 1.85. The van der Waals surface area contributed by atoms with Crippen LogP contribution in [0, 0.1) is 28.9 Å². The van der Waals surface area contributed by atoms with Crippen molar-refractivity contribution in [1.82, 2.24) is 0 Å². The van der Waals surface area contributed by atoms with Gasteiger partial charge in [-0.2, -0.15) is 5.26 Å². The van der Waals surface area contributed by atoms with Crippen LogP contribution in [0.4, 0.5) is 19.3 Å². The summed E-state index contributed by atoms with van der Waals surface area (Å²) in [5, 5.41) is 10.0. The van der Waals surface area contributed by atoms with Gasteiger partial charge in [0.05, 0.1) is 28.4 Å². The largest absolute Gasteiger partial charge is 0.449 e. The minimum Gasteiger partial charge on any atom is -0.449 e. The number of nitriles is 1. The van der Waals surface area contributed by atoms with Crippen molar-refractivity contribution in [3.63, 3.8) is 0 Å². The average Bonchev–Trinajstić information content (AvgIpc) is 2.81. The van der Waals surface area contributed by atoms with Gasteiger partial charge in [-0.3, -0.25) is 5.32 Å². The summed E-state index contributed by atoms with van der Waals surface area (Å²) in [5.74, 6) is -2.67. The summed E-state index contributed by atoms with van der Waals surface area (Å²) in [7, 11) is -4.23. The number of carbonyl (C=O) groups excluding carboxylic acids is 1. The van der Waals surface area contributed by atoms with Gasteiger partial charge in [0.25, 0.3) is 0 Å². The second-order valence-electron chi connectivity index (χ2n) is 7.48. The van der Waals surface area contributed by atoms with Gasteiger partial charge in [-0.15, -0.1) is 0 Å². The van der Waals surface area contributed by atoms with E-state index in [1.165, 1.54) is 55.5 Å². The van der Waals surface area contributed by atoms with E-state index in [1.807, 2.05) is 6.07 Å². The molecule has 0 aliphatic carbocycles. The number of rotatable bonds is 7. The Kier molecular flexibility index (Phi) is 7.87. The Morgan fingerprint density at radius 3 is 2.35 bits per heavy atom. The second kappa shape index (κ2) is 10.6. The zero-order valence-electron chi connectivity index (χ0n) is 17.8. The fourth-order valence-corrected chi connectivity index (χ4v) is 5.50. The van der Waals surface area contributed by atoms with Gasteiger partial charge in [-0.25, -0.2) is 22.0 Å². The van der Waals surface area contributed by atoms with Crippen molar-refractivity contribution >= 4 is 33.2 Å². The summed E-state index contributed by atoms with van der Waals surface area (Å²) >= 11 is 5.85. The number of carbonyl (C=O) groups is 1. The molecule has 0 saturated carbocycles. The molecule has 34 heavy (non-hydrogen) atoms. The first-order valence-corrected chi connectivity index (χ1v) is 11.9. The number of halogens is 3. The van der Waals surface area contributed by atoms with Crippen molar-refractivity contribution in [2.24, 2.45) is 5.92 Å². The molecule has 0 aliphatic rings. The predicted molar refractivity (Wildman–Crippen MR) is 123 cm³/mol. The van der Waals surface area contributed by atoms with Crippen LogP contribution in [0.15, 0.2) is 71.6 Å². The maximum Gasteiger partial charge on any atom is 0.411 e. The summed E-state index contributed by atoms with van der Waals surface area (Å²) in [6.07, 6.45) is -0.876. The van der Waals surface area contributed by atoms with Crippen molar-refractivity contribution in [3.8, 4) is 6.07 Å². The Morgan fingerprint density at radius 1 is 1.09 bits per heavy atom. The number of sulfone groups is 1. The molecular formula is C24H19ClF2N2O4S. The van der Waals surface area contributed by atoms with Crippen LogP contribution in [0.1, 0.15) is 23.3 Å². The van der Waals surface area contributed by atoms with E-state index in [4.69, 9.17) is 21.6 Å². The van der Waals surface area contributed by atoms with Crippen LogP contribution < -0.4 is 5.32 Å². The molecule has 1 N–H and O–H groups in total. The predicted octanol–water partition coefficient (Wildman–Crippen LogP) is 5.89. The van der Waals surface area contributed by atoms with Crippen molar-refractivity contribution in [2.45, 2.75) is 17.1 Å². The highest BCUT2D eigenvalue weighted by molar-refractivity contribution is 7.91. The molecule has 0 fully saturated rings. The molecule has 0 heterocycles. The fourth-order valence-electron chi connectivity index (χ4n) is 3.36. The molecule has 176 valence electrons. The zero-order chi connectivity index (χ0) is 24.9. The molecule has 2 atom stereocenters. The Labute approximate surface area is 200 Å². The van der Waals surface area contributed by atoms with Crippen LogP contribution in [-0.2, 0) is 14.6 Å². The lowest BCUT2D eigenvalue weighted by atomic mass is 10.0. The van der Waals surface area contributed by atoms with Crippen molar-refractivity contribution in [2.75, 3.05) is 11.9 Å². The Bertz CT molecular complexity index is 1320. The van der Waals surface area contributed by atoms with Crippen LogP contribution in [0.3, 0.4) is 0 Å². The first kappa shape index (κ1) is 25.1. The maximum absolute atomic E-state index is 14.6. The minimum absolute atomic E-state index is 0.139. The molecule has 0 saturated heterocycles. The highest BCUT2D eigenvalue weighted by Gasteiger charge is 2.36.